The van der Waals surface area contributed by atoms with Gasteiger partial charge in [0.1, 0.15) is 0 Å². The van der Waals surface area contributed by atoms with Gasteiger partial charge in [-0.3, -0.25) is 4.98 Å². The Morgan fingerprint density at radius 3 is 2.55 bits per heavy atom. The molecule has 0 radical (unpaired) electrons. The number of aromatic nitrogens is 1. The van der Waals surface area contributed by atoms with Crippen molar-refractivity contribution in [3.8, 4) is 0 Å². The second-order valence-electron chi connectivity index (χ2n) is 5.64. The van der Waals surface area contributed by atoms with Gasteiger partial charge in [-0.25, -0.2) is 0 Å². The van der Waals surface area contributed by atoms with Crippen molar-refractivity contribution < 1.29 is 0 Å². The number of anilines is 2. The zero-order chi connectivity index (χ0) is 14.7. The summed E-state index contributed by atoms with van der Waals surface area (Å²) in [5.74, 6) is 0. The highest BCUT2D eigenvalue weighted by Gasteiger charge is 2.09. The van der Waals surface area contributed by atoms with E-state index in [9.17, 15) is 0 Å². The van der Waals surface area contributed by atoms with Crippen LogP contribution >= 0.6 is 0 Å². The van der Waals surface area contributed by atoms with Crippen molar-refractivity contribution in [2.24, 2.45) is 0 Å². The molecule has 0 spiro atoms. The van der Waals surface area contributed by atoms with Gasteiger partial charge in [-0.1, -0.05) is 0 Å². The predicted octanol–water partition coefficient (Wildman–Crippen LogP) is 2.51. The van der Waals surface area contributed by atoms with E-state index >= 15 is 0 Å². The Kier molecular flexibility index (Phi) is 4.45. The van der Waals surface area contributed by atoms with Crippen LogP contribution in [0.25, 0.3) is 10.9 Å². The molecule has 0 aliphatic heterocycles. The molecule has 1 aromatic heterocycles. The topological polar surface area (TPSA) is 45.4 Å². The Hall–Kier alpha value is -1.81. The second kappa shape index (κ2) is 6.09. The number of fused-ring (bicyclic) bond motifs is 1. The lowest BCUT2D eigenvalue weighted by atomic mass is 10.1. The maximum atomic E-state index is 5.92. The van der Waals surface area contributed by atoms with E-state index in [1.807, 2.05) is 25.1 Å². The highest BCUT2D eigenvalue weighted by molar-refractivity contribution is 5.93. The zero-order valence-electron chi connectivity index (χ0n) is 12.8. The van der Waals surface area contributed by atoms with Gasteiger partial charge < -0.3 is 15.5 Å². The lowest BCUT2D eigenvalue weighted by molar-refractivity contribution is 0.402. The number of rotatable bonds is 5. The second-order valence-corrected chi connectivity index (χ2v) is 5.64. The normalized spacial score (nSPS) is 11.2. The van der Waals surface area contributed by atoms with Gasteiger partial charge in [-0.2, -0.15) is 0 Å². The SMILES string of the molecule is Cc1cc(N(C)CCCN(C)C)c2cc(N)ccc2n1. The number of hydrogen-bond donors (Lipinski definition) is 1. The summed E-state index contributed by atoms with van der Waals surface area (Å²) in [6.07, 6.45) is 1.13. The fourth-order valence-electron chi connectivity index (χ4n) is 2.41. The van der Waals surface area contributed by atoms with Gasteiger partial charge in [0.2, 0.25) is 0 Å². The molecule has 0 atom stereocenters. The zero-order valence-corrected chi connectivity index (χ0v) is 12.8. The Bertz CT molecular complexity index is 592. The van der Waals surface area contributed by atoms with Crippen molar-refractivity contribution in [3.63, 3.8) is 0 Å². The van der Waals surface area contributed by atoms with Crippen molar-refractivity contribution in [1.82, 2.24) is 9.88 Å². The van der Waals surface area contributed by atoms with E-state index in [4.69, 9.17) is 5.73 Å². The molecule has 20 heavy (non-hydrogen) atoms. The Morgan fingerprint density at radius 1 is 1.10 bits per heavy atom. The summed E-state index contributed by atoms with van der Waals surface area (Å²) in [5.41, 5.74) is 9.95. The lowest BCUT2D eigenvalue weighted by Crippen LogP contribution is -2.23. The maximum Gasteiger partial charge on any atom is 0.0727 e. The minimum Gasteiger partial charge on any atom is -0.399 e. The first kappa shape index (κ1) is 14.6. The first-order valence-electron chi connectivity index (χ1n) is 7.00. The van der Waals surface area contributed by atoms with Gasteiger partial charge in [0, 0.05) is 36.0 Å². The first-order chi connectivity index (χ1) is 9.47. The summed E-state index contributed by atoms with van der Waals surface area (Å²) in [5, 5.41) is 1.13. The first-order valence-corrected chi connectivity index (χ1v) is 7.00. The molecule has 2 rings (SSSR count). The van der Waals surface area contributed by atoms with E-state index in [0.717, 1.165) is 41.8 Å². The average Bonchev–Trinajstić information content (AvgIpc) is 2.37. The third-order valence-corrected chi connectivity index (χ3v) is 3.45. The third-order valence-electron chi connectivity index (χ3n) is 3.45. The number of pyridine rings is 1. The molecule has 0 fully saturated rings. The molecule has 0 aliphatic carbocycles. The third kappa shape index (κ3) is 3.39. The Labute approximate surface area is 121 Å². The van der Waals surface area contributed by atoms with E-state index < -0.39 is 0 Å². The Morgan fingerprint density at radius 2 is 1.85 bits per heavy atom. The number of nitrogen functional groups attached to an aromatic ring is 1. The molecular weight excluding hydrogens is 248 g/mol. The highest BCUT2D eigenvalue weighted by atomic mass is 15.1. The van der Waals surface area contributed by atoms with E-state index in [-0.39, 0.29) is 0 Å². The van der Waals surface area contributed by atoms with Gasteiger partial charge in [-0.15, -0.1) is 0 Å². The molecule has 0 amide bonds. The molecule has 108 valence electrons. The fourth-order valence-corrected chi connectivity index (χ4v) is 2.41. The number of nitrogens with zero attached hydrogens (tertiary/aromatic N) is 3. The molecule has 4 heteroatoms. The molecule has 2 aromatic rings. The van der Waals surface area contributed by atoms with E-state index in [1.54, 1.807) is 0 Å². The van der Waals surface area contributed by atoms with Crippen molar-refractivity contribution in [3.05, 3.63) is 30.0 Å². The maximum absolute atomic E-state index is 5.92. The van der Waals surface area contributed by atoms with Gasteiger partial charge in [-0.05, 0) is 58.3 Å². The van der Waals surface area contributed by atoms with Crippen LogP contribution < -0.4 is 10.6 Å². The van der Waals surface area contributed by atoms with Crippen molar-refractivity contribution in [2.75, 3.05) is 44.9 Å². The van der Waals surface area contributed by atoms with E-state index in [0.29, 0.717) is 0 Å². The summed E-state index contributed by atoms with van der Waals surface area (Å²) in [7, 11) is 6.34. The summed E-state index contributed by atoms with van der Waals surface area (Å²) in [4.78, 5) is 9.08. The Balaban J connectivity index is 2.29. The minimum absolute atomic E-state index is 0.783. The average molecular weight is 272 g/mol. The van der Waals surface area contributed by atoms with Crippen molar-refractivity contribution >= 4 is 22.3 Å². The van der Waals surface area contributed by atoms with Crippen molar-refractivity contribution in [2.45, 2.75) is 13.3 Å². The lowest BCUT2D eigenvalue weighted by Gasteiger charge is -2.22. The van der Waals surface area contributed by atoms with Crippen LogP contribution in [0.15, 0.2) is 24.3 Å². The number of hydrogen-bond acceptors (Lipinski definition) is 4. The molecular formula is C16H24N4. The molecule has 0 aliphatic rings. The van der Waals surface area contributed by atoms with Crippen molar-refractivity contribution in [1.29, 1.82) is 0 Å². The van der Waals surface area contributed by atoms with Gasteiger partial charge in [0.25, 0.3) is 0 Å². The molecule has 1 aromatic carbocycles. The molecule has 0 unspecified atom stereocenters. The van der Waals surface area contributed by atoms with Crippen LogP contribution in [0.5, 0.6) is 0 Å². The summed E-state index contributed by atoms with van der Waals surface area (Å²) < 4.78 is 0. The fraction of sp³-hybridized carbons (Fsp3) is 0.438. The van der Waals surface area contributed by atoms with Gasteiger partial charge >= 0.3 is 0 Å². The van der Waals surface area contributed by atoms with E-state index in [1.165, 1.54) is 5.69 Å². The molecule has 0 saturated heterocycles. The molecule has 4 nitrogen and oxygen atoms in total. The van der Waals surface area contributed by atoms with Crippen LogP contribution in [0.3, 0.4) is 0 Å². The van der Waals surface area contributed by atoms with Gasteiger partial charge in [0.15, 0.2) is 0 Å². The highest BCUT2D eigenvalue weighted by Crippen LogP contribution is 2.27. The summed E-state index contributed by atoms with van der Waals surface area (Å²) in [6, 6.07) is 8.05. The van der Waals surface area contributed by atoms with Crippen LogP contribution in [0.1, 0.15) is 12.1 Å². The largest absolute Gasteiger partial charge is 0.399 e. The predicted molar refractivity (Wildman–Crippen MR) is 87.3 cm³/mol. The minimum atomic E-state index is 0.783. The molecule has 0 saturated carbocycles. The summed E-state index contributed by atoms with van der Waals surface area (Å²) in [6.45, 7) is 4.15. The smallest absolute Gasteiger partial charge is 0.0727 e. The molecule has 1 heterocycles. The van der Waals surface area contributed by atoms with Crippen LogP contribution in [-0.4, -0.2) is 44.1 Å². The van der Waals surface area contributed by atoms with Crippen LogP contribution in [0.4, 0.5) is 11.4 Å². The summed E-state index contributed by atoms with van der Waals surface area (Å²) >= 11 is 0. The number of nitrogens with two attached hydrogens (primary N) is 1. The number of aryl methyl sites for hydroxylation is 1. The molecule has 0 bridgehead atoms. The molecule has 2 N–H and O–H groups in total. The quantitative estimate of drug-likeness (QED) is 0.850. The van der Waals surface area contributed by atoms with Crippen LogP contribution in [-0.2, 0) is 0 Å². The van der Waals surface area contributed by atoms with Crippen LogP contribution in [0.2, 0.25) is 0 Å². The number of benzene rings is 1. The van der Waals surface area contributed by atoms with Crippen LogP contribution in [0, 0.1) is 6.92 Å². The van der Waals surface area contributed by atoms with E-state index in [2.05, 4.69) is 42.0 Å². The standard InChI is InChI=1S/C16H24N4/c1-12-10-16(20(4)9-5-8-19(2)3)14-11-13(17)6-7-15(14)18-12/h6-7,10-11H,5,8-9,17H2,1-4H3. The van der Waals surface area contributed by atoms with Gasteiger partial charge in [0.05, 0.1) is 5.52 Å². The monoisotopic (exact) mass is 272 g/mol.